The molecule has 1 rings (SSSR count). The zero-order chi connectivity index (χ0) is 7.72. The molecule has 4 nitrogen and oxygen atoms in total. The number of amides is 1. The molecule has 0 saturated carbocycles. The molecule has 56 valence electrons. The summed E-state index contributed by atoms with van der Waals surface area (Å²) in [5.74, 6) is 0.175. The van der Waals surface area contributed by atoms with Crippen LogP contribution in [-0.4, -0.2) is 29.7 Å². The minimum Gasteiger partial charge on any atom is -0.368 e. The van der Waals surface area contributed by atoms with E-state index in [1.807, 2.05) is 0 Å². The van der Waals surface area contributed by atoms with Crippen molar-refractivity contribution in [3.8, 4) is 0 Å². The minimum atomic E-state index is -0.329. The van der Waals surface area contributed by atoms with Crippen molar-refractivity contribution >= 4 is 11.7 Å². The number of amidine groups is 1. The van der Waals surface area contributed by atoms with E-state index in [0.717, 1.165) is 0 Å². The molecule has 1 saturated heterocycles. The van der Waals surface area contributed by atoms with E-state index in [2.05, 4.69) is 0 Å². The number of carbonyl (C=O) groups is 1. The predicted octanol–water partition coefficient (Wildman–Crippen LogP) is -0.457. The molecule has 0 aromatic carbocycles. The molecular weight excluding hydrogens is 130 g/mol. The maximum Gasteiger partial charge on any atom is 0.240 e. The number of nitrogens with one attached hydrogen (secondary N) is 1. The Balaban J connectivity index is 2.66. The standard InChI is InChI=1S/C6H11N3O/c1-9-4(6(8)10)2-3-5(9)7/h4,7H,2-3H2,1H3,(H2,8,10). The summed E-state index contributed by atoms with van der Waals surface area (Å²) < 4.78 is 0. The summed E-state index contributed by atoms with van der Waals surface area (Å²) in [5, 5.41) is 7.30. The maximum atomic E-state index is 10.6. The van der Waals surface area contributed by atoms with E-state index < -0.39 is 0 Å². The van der Waals surface area contributed by atoms with Crippen molar-refractivity contribution in [1.29, 1.82) is 5.41 Å². The van der Waals surface area contributed by atoms with Crippen molar-refractivity contribution in [3.63, 3.8) is 0 Å². The highest BCUT2D eigenvalue weighted by Gasteiger charge is 2.28. The molecule has 0 aromatic rings. The highest BCUT2D eigenvalue weighted by atomic mass is 16.1. The smallest absolute Gasteiger partial charge is 0.240 e. The topological polar surface area (TPSA) is 70.2 Å². The van der Waals surface area contributed by atoms with Crippen molar-refractivity contribution in [2.75, 3.05) is 7.05 Å². The molecule has 0 aliphatic carbocycles. The summed E-state index contributed by atoms with van der Waals surface area (Å²) in [7, 11) is 1.73. The van der Waals surface area contributed by atoms with Crippen LogP contribution in [0.1, 0.15) is 12.8 Å². The number of hydrogen-bond acceptors (Lipinski definition) is 2. The number of hydrogen-bond donors (Lipinski definition) is 2. The molecule has 4 heteroatoms. The normalized spacial score (nSPS) is 25.5. The van der Waals surface area contributed by atoms with Crippen LogP contribution in [0.15, 0.2) is 0 Å². The fourth-order valence-electron chi connectivity index (χ4n) is 1.16. The number of primary amides is 1. The second kappa shape index (κ2) is 2.28. The van der Waals surface area contributed by atoms with E-state index in [0.29, 0.717) is 18.7 Å². The quantitative estimate of drug-likeness (QED) is 0.519. The zero-order valence-electron chi connectivity index (χ0n) is 5.92. The number of nitrogens with two attached hydrogens (primary N) is 1. The molecule has 1 atom stereocenters. The molecule has 1 heterocycles. The van der Waals surface area contributed by atoms with Crippen LogP contribution in [0.2, 0.25) is 0 Å². The molecular formula is C6H11N3O. The third-order valence-corrected chi connectivity index (χ3v) is 1.88. The summed E-state index contributed by atoms with van der Waals surface area (Å²) in [6.07, 6.45) is 1.37. The van der Waals surface area contributed by atoms with Gasteiger partial charge in [-0.1, -0.05) is 0 Å². The fraction of sp³-hybridized carbons (Fsp3) is 0.667. The summed E-state index contributed by atoms with van der Waals surface area (Å²) in [6.45, 7) is 0. The van der Waals surface area contributed by atoms with Crippen LogP contribution in [-0.2, 0) is 4.79 Å². The van der Waals surface area contributed by atoms with Gasteiger partial charge in [-0.15, -0.1) is 0 Å². The Kier molecular flexibility index (Phi) is 1.61. The number of nitrogens with zero attached hydrogens (tertiary/aromatic N) is 1. The molecule has 1 fully saturated rings. The first-order valence-electron chi connectivity index (χ1n) is 3.22. The third kappa shape index (κ3) is 0.964. The fourth-order valence-corrected chi connectivity index (χ4v) is 1.16. The van der Waals surface area contributed by atoms with Gasteiger partial charge in [-0.2, -0.15) is 0 Å². The van der Waals surface area contributed by atoms with Gasteiger partial charge >= 0.3 is 0 Å². The van der Waals surface area contributed by atoms with Gasteiger partial charge in [0.15, 0.2) is 0 Å². The van der Waals surface area contributed by atoms with Gasteiger partial charge in [0.2, 0.25) is 5.91 Å². The molecule has 3 N–H and O–H groups in total. The van der Waals surface area contributed by atoms with Crippen molar-refractivity contribution in [3.05, 3.63) is 0 Å². The van der Waals surface area contributed by atoms with Crippen LogP contribution in [0.5, 0.6) is 0 Å². The van der Waals surface area contributed by atoms with E-state index in [9.17, 15) is 4.79 Å². The van der Waals surface area contributed by atoms with Gasteiger partial charge in [-0.3, -0.25) is 10.2 Å². The number of likely N-dealkylation sites (N-methyl/N-ethyl adjacent to an activating group) is 1. The van der Waals surface area contributed by atoms with Crippen LogP contribution < -0.4 is 5.73 Å². The first-order valence-corrected chi connectivity index (χ1v) is 3.22. The van der Waals surface area contributed by atoms with E-state index in [4.69, 9.17) is 11.1 Å². The summed E-state index contributed by atoms with van der Waals surface area (Å²) in [6, 6.07) is -0.243. The van der Waals surface area contributed by atoms with E-state index in [-0.39, 0.29) is 11.9 Å². The number of carbonyl (C=O) groups excluding carboxylic acids is 1. The maximum absolute atomic E-state index is 10.6. The van der Waals surface area contributed by atoms with Gasteiger partial charge in [0.1, 0.15) is 6.04 Å². The van der Waals surface area contributed by atoms with Crippen molar-refractivity contribution < 1.29 is 4.79 Å². The van der Waals surface area contributed by atoms with Gasteiger partial charge in [-0.25, -0.2) is 0 Å². The Bertz CT molecular complexity index is 178. The van der Waals surface area contributed by atoms with Gasteiger partial charge in [0.05, 0.1) is 5.84 Å². The second-order valence-electron chi connectivity index (χ2n) is 2.51. The average Bonchev–Trinajstić information content (AvgIpc) is 2.14. The van der Waals surface area contributed by atoms with Crippen molar-refractivity contribution in [1.82, 2.24) is 4.90 Å². The average molecular weight is 141 g/mol. The van der Waals surface area contributed by atoms with Gasteiger partial charge in [0, 0.05) is 13.5 Å². The summed E-state index contributed by atoms with van der Waals surface area (Å²) in [5.41, 5.74) is 5.07. The van der Waals surface area contributed by atoms with E-state index >= 15 is 0 Å². The lowest BCUT2D eigenvalue weighted by molar-refractivity contribution is -0.121. The second-order valence-corrected chi connectivity index (χ2v) is 2.51. The molecule has 1 aliphatic rings. The third-order valence-electron chi connectivity index (χ3n) is 1.88. The Morgan fingerprint density at radius 3 is 2.70 bits per heavy atom. The molecule has 10 heavy (non-hydrogen) atoms. The predicted molar refractivity (Wildman–Crippen MR) is 37.7 cm³/mol. The van der Waals surface area contributed by atoms with E-state index in [1.54, 1.807) is 11.9 Å². The molecule has 0 radical (unpaired) electrons. The summed E-state index contributed by atoms with van der Waals surface area (Å²) in [4.78, 5) is 12.3. The van der Waals surface area contributed by atoms with E-state index in [1.165, 1.54) is 0 Å². The lowest BCUT2D eigenvalue weighted by Gasteiger charge is -2.17. The van der Waals surface area contributed by atoms with Crippen LogP contribution in [0.4, 0.5) is 0 Å². The highest BCUT2D eigenvalue weighted by Crippen LogP contribution is 2.15. The number of rotatable bonds is 1. The van der Waals surface area contributed by atoms with Crippen molar-refractivity contribution in [2.45, 2.75) is 18.9 Å². The first-order chi connectivity index (χ1) is 4.63. The van der Waals surface area contributed by atoms with Crippen LogP contribution >= 0.6 is 0 Å². The number of likely N-dealkylation sites (tertiary alicyclic amines) is 1. The molecule has 0 spiro atoms. The monoisotopic (exact) mass is 141 g/mol. The first kappa shape index (κ1) is 7.05. The zero-order valence-corrected chi connectivity index (χ0v) is 5.92. The van der Waals surface area contributed by atoms with Gasteiger partial charge < -0.3 is 10.6 Å². The van der Waals surface area contributed by atoms with Gasteiger partial charge in [0.25, 0.3) is 0 Å². The molecule has 0 bridgehead atoms. The Labute approximate surface area is 59.5 Å². The van der Waals surface area contributed by atoms with Crippen LogP contribution in [0.3, 0.4) is 0 Å². The van der Waals surface area contributed by atoms with Crippen LogP contribution in [0.25, 0.3) is 0 Å². The molecule has 0 aromatic heterocycles. The summed E-state index contributed by atoms with van der Waals surface area (Å²) >= 11 is 0. The minimum absolute atomic E-state index is 0.243. The molecule has 1 amide bonds. The Morgan fingerprint density at radius 1 is 1.90 bits per heavy atom. The Morgan fingerprint density at radius 2 is 2.50 bits per heavy atom. The van der Waals surface area contributed by atoms with Crippen LogP contribution in [0, 0.1) is 5.41 Å². The van der Waals surface area contributed by atoms with Crippen molar-refractivity contribution in [2.24, 2.45) is 5.73 Å². The molecule has 1 aliphatic heterocycles. The largest absolute Gasteiger partial charge is 0.368 e. The highest BCUT2D eigenvalue weighted by molar-refractivity contribution is 5.90. The SMILES string of the molecule is CN1C(=N)CCC1C(N)=O. The lowest BCUT2D eigenvalue weighted by Crippen LogP contribution is -2.39. The lowest BCUT2D eigenvalue weighted by atomic mass is 10.2. The van der Waals surface area contributed by atoms with Gasteiger partial charge in [-0.05, 0) is 6.42 Å². The Hall–Kier alpha value is -1.06. The molecule has 1 unspecified atom stereocenters.